The van der Waals surface area contributed by atoms with Crippen molar-refractivity contribution in [2.45, 2.75) is 57.9 Å². The van der Waals surface area contributed by atoms with Crippen LogP contribution >= 0.6 is 24.0 Å². The van der Waals surface area contributed by atoms with Crippen molar-refractivity contribution in [2.24, 2.45) is 16.1 Å². The number of hydrogen-bond acceptors (Lipinski definition) is 3. The summed E-state index contributed by atoms with van der Waals surface area (Å²) in [6.07, 6.45) is 8.67. The Morgan fingerprint density at radius 1 is 1.29 bits per heavy atom. The minimum absolute atomic E-state index is 0. The normalized spacial score (nSPS) is 22.0. The summed E-state index contributed by atoms with van der Waals surface area (Å²) < 4.78 is 0. The van der Waals surface area contributed by atoms with E-state index in [-0.39, 0.29) is 29.9 Å². The average Bonchev–Trinajstić information content (AvgIpc) is 3.02. The van der Waals surface area contributed by atoms with Gasteiger partial charge in [0.15, 0.2) is 5.96 Å². The van der Waals surface area contributed by atoms with Crippen LogP contribution in [-0.2, 0) is 4.79 Å². The molecule has 0 aromatic carbocycles. The molecule has 4 N–H and O–H groups in total. The van der Waals surface area contributed by atoms with E-state index in [1.165, 1.54) is 32.1 Å². The molecule has 0 aromatic rings. The highest BCUT2D eigenvalue weighted by Crippen LogP contribution is 2.40. The molecular formula is C17H34IN5O. The minimum Gasteiger partial charge on any atom is -0.369 e. The molecule has 0 bridgehead atoms. The number of nitrogens with zero attached hydrogens (tertiary/aromatic N) is 2. The Morgan fingerprint density at radius 2 is 1.92 bits per heavy atom. The summed E-state index contributed by atoms with van der Waals surface area (Å²) in [5.41, 5.74) is 5.72. The van der Waals surface area contributed by atoms with E-state index in [0.29, 0.717) is 18.0 Å². The van der Waals surface area contributed by atoms with E-state index < -0.39 is 0 Å². The van der Waals surface area contributed by atoms with Gasteiger partial charge in [0.25, 0.3) is 0 Å². The summed E-state index contributed by atoms with van der Waals surface area (Å²) in [4.78, 5) is 17.5. The fourth-order valence-corrected chi connectivity index (χ4v) is 3.90. The van der Waals surface area contributed by atoms with Crippen molar-refractivity contribution >= 4 is 35.8 Å². The number of amides is 1. The second kappa shape index (κ2) is 10.4. The lowest BCUT2D eigenvalue weighted by molar-refractivity contribution is -0.119. The lowest BCUT2D eigenvalue weighted by atomic mass is 9.83. The Bertz CT molecular complexity index is 415. The maximum absolute atomic E-state index is 11.0. The SMILES string of the molecule is CCC1(CNC(=NC)NC2CCN(CC(N)=O)CC2)CCCC1.I. The smallest absolute Gasteiger partial charge is 0.231 e. The van der Waals surface area contributed by atoms with Crippen LogP contribution in [0.25, 0.3) is 0 Å². The van der Waals surface area contributed by atoms with Crippen molar-refractivity contribution in [3.05, 3.63) is 0 Å². The van der Waals surface area contributed by atoms with E-state index in [0.717, 1.165) is 38.4 Å². The molecule has 1 aliphatic heterocycles. The Morgan fingerprint density at radius 3 is 2.42 bits per heavy atom. The molecule has 1 heterocycles. The molecule has 0 spiro atoms. The van der Waals surface area contributed by atoms with E-state index in [2.05, 4.69) is 27.4 Å². The maximum Gasteiger partial charge on any atom is 0.231 e. The van der Waals surface area contributed by atoms with Gasteiger partial charge in [0.2, 0.25) is 5.91 Å². The van der Waals surface area contributed by atoms with E-state index in [1.807, 2.05) is 7.05 Å². The van der Waals surface area contributed by atoms with E-state index in [9.17, 15) is 4.79 Å². The van der Waals surface area contributed by atoms with Gasteiger partial charge in [-0.25, -0.2) is 0 Å². The largest absolute Gasteiger partial charge is 0.369 e. The molecule has 2 aliphatic rings. The molecule has 1 saturated heterocycles. The molecule has 6 nitrogen and oxygen atoms in total. The van der Waals surface area contributed by atoms with Crippen molar-refractivity contribution in [1.82, 2.24) is 15.5 Å². The third kappa shape index (κ3) is 6.38. The third-order valence-electron chi connectivity index (χ3n) is 5.58. The van der Waals surface area contributed by atoms with Gasteiger partial charge < -0.3 is 16.4 Å². The molecule has 1 aliphatic carbocycles. The molecule has 140 valence electrons. The zero-order valence-corrected chi connectivity index (χ0v) is 17.5. The number of likely N-dealkylation sites (tertiary alicyclic amines) is 1. The van der Waals surface area contributed by atoms with Crippen LogP contribution < -0.4 is 16.4 Å². The molecule has 1 amide bonds. The fourth-order valence-electron chi connectivity index (χ4n) is 3.90. The molecule has 0 radical (unpaired) electrons. The highest BCUT2D eigenvalue weighted by atomic mass is 127. The lowest BCUT2D eigenvalue weighted by Crippen LogP contribution is -2.51. The summed E-state index contributed by atoms with van der Waals surface area (Å²) >= 11 is 0. The molecule has 2 rings (SSSR count). The highest BCUT2D eigenvalue weighted by molar-refractivity contribution is 14.0. The van der Waals surface area contributed by atoms with Crippen molar-refractivity contribution in [1.29, 1.82) is 0 Å². The van der Waals surface area contributed by atoms with Gasteiger partial charge in [-0.05, 0) is 37.5 Å². The second-order valence-corrected chi connectivity index (χ2v) is 7.15. The number of aliphatic imine (C=N–C) groups is 1. The predicted molar refractivity (Wildman–Crippen MR) is 110 cm³/mol. The third-order valence-corrected chi connectivity index (χ3v) is 5.58. The zero-order chi connectivity index (χ0) is 16.7. The molecule has 0 unspecified atom stereocenters. The van der Waals surface area contributed by atoms with Gasteiger partial charge >= 0.3 is 0 Å². The first-order chi connectivity index (χ1) is 11.1. The lowest BCUT2D eigenvalue weighted by Gasteiger charge is -2.33. The first kappa shape index (κ1) is 21.5. The minimum atomic E-state index is -0.240. The van der Waals surface area contributed by atoms with Gasteiger partial charge in [0.05, 0.1) is 6.54 Å². The summed E-state index contributed by atoms with van der Waals surface area (Å²) in [7, 11) is 1.84. The molecule has 2 fully saturated rings. The van der Waals surface area contributed by atoms with Crippen LogP contribution in [0.4, 0.5) is 0 Å². The number of piperidine rings is 1. The van der Waals surface area contributed by atoms with E-state index in [4.69, 9.17) is 5.73 Å². The number of primary amides is 1. The Hall–Kier alpha value is -0.570. The highest BCUT2D eigenvalue weighted by Gasteiger charge is 2.32. The standard InChI is InChI=1S/C17H33N5O.HI/c1-3-17(8-4-5-9-17)13-20-16(19-2)21-14-6-10-22(11-7-14)12-15(18)23;/h14H,3-13H2,1-2H3,(H2,18,23)(H2,19,20,21);1H. The number of nitrogens with two attached hydrogens (primary N) is 1. The summed E-state index contributed by atoms with van der Waals surface area (Å²) in [6, 6.07) is 0.423. The van der Waals surface area contributed by atoms with Crippen molar-refractivity contribution < 1.29 is 4.79 Å². The van der Waals surface area contributed by atoms with Gasteiger partial charge in [-0.2, -0.15) is 0 Å². The van der Waals surface area contributed by atoms with Crippen LogP contribution in [0.5, 0.6) is 0 Å². The first-order valence-corrected chi connectivity index (χ1v) is 9.05. The van der Waals surface area contributed by atoms with E-state index in [1.54, 1.807) is 0 Å². The molecular weight excluding hydrogens is 417 g/mol. The Labute approximate surface area is 163 Å². The van der Waals surface area contributed by atoms with Crippen LogP contribution in [0.2, 0.25) is 0 Å². The summed E-state index contributed by atoms with van der Waals surface area (Å²) in [5, 5.41) is 7.09. The van der Waals surface area contributed by atoms with Crippen molar-refractivity contribution in [3.8, 4) is 0 Å². The Kier molecular flexibility index (Phi) is 9.33. The number of nitrogens with one attached hydrogen (secondary N) is 2. The molecule has 0 atom stereocenters. The molecule has 1 saturated carbocycles. The van der Waals surface area contributed by atoms with E-state index >= 15 is 0 Å². The van der Waals surface area contributed by atoms with Gasteiger partial charge in [-0.3, -0.25) is 14.7 Å². The zero-order valence-electron chi connectivity index (χ0n) is 15.1. The molecule has 7 heteroatoms. The molecule has 24 heavy (non-hydrogen) atoms. The van der Waals surface area contributed by atoms with Crippen molar-refractivity contribution in [3.63, 3.8) is 0 Å². The number of hydrogen-bond donors (Lipinski definition) is 3. The summed E-state index contributed by atoms with van der Waals surface area (Å²) in [5.74, 6) is 0.674. The van der Waals surface area contributed by atoms with Crippen LogP contribution in [-0.4, -0.2) is 56.0 Å². The maximum atomic E-state index is 11.0. The quantitative estimate of drug-likeness (QED) is 0.326. The van der Waals surface area contributed by atoms with Crippen LogP contribution in [0.1, 0.15) is 51.9 Å². The monoisotopic (exact) mass is 451 g/mol. The number of carbonyl (C=O) groups excluding carboxylic acids is 1. The van der Waals surface area contributed by atoms with Gasteiger partial charge in [-0.15, -0.1) is 24.0 Å². The number of rotatable bonds is 6. The average molecular weight is 451 g/mol. The van der Waals surface area contributed by atoms with Crippen LogP contribution in [0.15, 0.2) is 4.99 Å². The molecule has 0 aromatic heterocycles. The van der Waals surface area contributed by atoms with Crippen molar-refractivity contribution in [2.75, 3.05) is 33.2 Å². The van der Waals surface area contributed by atoms with Gasteiger partial charge in [0, 0.05) is 32.7 Å². The predicted octanol–water partition coefficient (Wildman–Crippen LogP) is 1.69. The topological polar surface area (TPSA) is 82.8 Å². The number of halogens is 1. The summed E-state index contributed by atoms with van der Waals surface area (Å²) in [6.45, 7) is 5.52. The Balaban J connectivity index is 0.00000288. The number of guanidine groups is 1. The van der Waals surface area contributed by atoms with Crippen LogP contribution in [0, 0.1) is 5.41 Å². The van der Waals surface area contributed by atoms with Gasteiger partial charge in [0.1, 0.15) is 0 Å². The number of carbonyl (C=O) groups is 1. The van der Waals surface area contributed by atoms with Crippen LogP contribution in [0.3, 0.4) is 0 Å². The fraction of sp³-hybridized carbons (Fsp3) is 0.882. The first-order valence-electron chi connectivity index (χ1n) is 9.05. The second-order valence-electron chi connectivity index (χ2n) is 7.15. The van der Waals surface area contributed by atoms with Gasteiger partial charge in [-0.1, -0.05) is 19.8 Å².